The van der Waals surface area contributed by atoms with E-state index in [1.54, 1.807) is 6.07 Å². The molecule has 3 N–H and O–H groups in total. The average Bonchev–Trinajstić information content (AvgIpc) is 2.38. The molecule has 2 amide bonds. The van der Waals surface area contributed by atoms with Gasteiger partial charge in [-0.05, 0) is 24.6 Å². The first-order valence-corrected chi connectivity index (χ1v) is 6.61. The Kier molecular flexibility index (Phi) is 7.39. The van der Waals surface area contributed by atoms with Gasteiger partial charge in [0.05, 0.1) is 18.9 Å². The van der Waals surface area contributed by atoms with Gasteiger partial charge < -0.3 is 20.5 Å². The van der Waals surface area contributed by atoms with Gasteiger partial charge in [-0.1, -0.05) is 15.9 Å². The smallest absolute Gasteiger partial charge is 0.319 e. The van der Waals surface area contributed by atoms with Gasteiger partial charge in [-0.15, -0.1) is 0 Å². The minimum atomic E-state index is -0.496. The molecule has 0 radical (unpaired) electrons. The quantitative estimate of drug-likeness (QED) is 0.669. The van der Waals surface area contributed by atoms with E-state index in [0.717, 1.165) is 0 Å². The van der Waals surface area contributed by atoms with Crippen molar-refractivity contribution < 1.29 is 19.0 Å². The van der Waals surface area contributed by atoms with Crippen molar-refractivity contribution in [2.24, 2.45) is 0 Å². The molecular formula is C12H16BrFN2O3. The molecule has 7 heteroatoms. The highest BCUT2D eigenvalue weighted by molar-refractivity contribution is 9.10. The molecule has 0 bridgehead atoms. The maximum Gasteiger partial charge on any atom is 0.319 e. The third-order valence-electron chi connectivity index (χ3n) is 2.16. The van der Waals surface area contributed by atoms with Crippen molar-refractivity contribution in [1.29, 1.82) is 0 Å². The second kappa shape index (κ2) is 8.84. The average molecular weight is 335 g/mol. The van der Waals surface area contributed by atoms with Gasteiger partial charge in [0.1, 0.15) is 5.82 Å². The van der Waals surface area contributed by atoms with Gasteiger partial charge in [-0.25, -0.2) is 9.18 Å². The van der Waals surface area contributed by atoms with Crippen molar-refractivity contribution in [3.63, 3.8) is 0 Å². The number of hydrogen-bond acceptors (Lipinski definition) is 3. The molecule has 0 aliphatic carbocycles. The van der Waals surface area contributed by atoms with Gasteiger partial charge in [-0.3, -0.25) is 0 Å². The predicted octanol–water partition coefficient (Wildman–Crippen LogP) is 2.11. The fourth-order valence-electron chi connectivity index (χ4n) is 1.30. The van der Waals surface area contributed by atoms with E-state index in [4.69, 9.17) is 9.84 Å². The number of carbonyl (C=O) groups excluding carboxylic acids is 1. The number of benzene rings is 1. The van der Waals surface area contributed by atoms with E-state index >= 15 is 0 Å². The molecule has 1 rings (SSSR count). The molecule has 0 aliphatic rings. The molecule has 19 heavy (non-hydrogen) atoms. The molecule has 1 aromatic rings. The number of nitrogens with one attached hydrogen (secondary N) is 2. The van der Waals surface area contributed by atoms with Crippen LogP contribution in [-0.4, -0.2) is 37.5 Å². The number of aliphatic hydroxyl groups excluding tert-OH is 1. The first kappa shape index (κ1) is 15.9. The highest BCUT2D eigenvalue weighted by Crippen LogP contribution is 2.19. The summed E-state index contributed by atoms with van der Waals surface area (Å²) in [5.41, 5.74) is 0.114. The normalized spacial score (nSPS) is 10.3. The maximum absolute atomic E-state index is 13.4. The SMILES string of the molecule is O=C(NCCCOCCO)Nc1cc(Br)ccc1F. The monoisotopic (exact) mass is 334 g/mol. The van der Waals surface area contributed by atoms with Crippen LogP contribution in [0.1, 0.15) is 6.42 Å². The molecule has 0 spiro atoms. The summed E-state index contributed by atoms with van der Waals surface area (Å²) in [5, 5.41) is 13.5. The standard InChI is InChI=1S/C12H16BrFN2O3/c13-9-2-3-10(14)11(8-9)16-12(18)15-4-1-6-19-7-5-17/h2-3,8,17H,1,4-7H2,(H2,15,16,18). The molecule has 5 nitrogen and oxygen atoms in total. The van der Waals surface area contributed by atoms with E-state index in [-0.39, 0.29) is 18.9 Å². The Bertz CT molecular complexity index is 418. The number of rotatable bonds is 7. The molecule has 1 aromatic carbocycles. The van der Waals surface area contributed by atoms with Gasteiger partial charge in [0.15, 0.2) is 0 Å². The van der Waals surface area contributed by atoms with E-state index in [1.807, 2.05) is 0 Å². The van der Waals surface area contributed by atoms with E-state index < -0.39 is 11.8 Å². The van der Waals surface area contributed by atoms with E-state index in [1.165, 1.54) is 12.1 Å². The third-order valence-corrected chi connectivity index (χ3v) is 2.66. The summed E-state index contributed by atoms with van der Waals surface area (Å²) in [6, 6.07) is 3.83. The lowest BCUT2D eigenvalue weighted by molar-refractivity contribution is 0.0910. The summed E-state index contributed by atoms with van der Waals surface area (Å²) in [4.78, 5) is 11.5. The van der Waals surface area contributed by atoms with Crippen molar-refractivity contribution in [3.05, 3.63) is 28.5 Å². The Labute approximate surface area is 119 Å². The Balaban J connectivity index is 2.25. The van der Waals surface area contributed by atoms with Crippen LogP contribution in [0.5, 0.6) is 0 Å². The van der Waals surface area contributed by atoms with Gasteiger partial charge in [-0.2, -0.15) is 0 Å². The lowest BCUT2D eigenvalue weighted by Crippen LogP contribution is -2.30. The molecule has 0 aromatic heterocycles. The largest absolute Gasteiger partial charge is 0.394 e. The van der Waals surface area contributed by atoms with Crippen molar-refractivity contribution in [3.8, 4) is 0 Å². The highest BCUT2D eigenvalue weighted by atomic mass is 79.9. The molecule has 0 saturated heterocycles. The fourth-order valence-corrected chi connectivity index (χ4v) is 1.66. The summed E-state index contributed by atoms with van der Waals surface area (Å²) in [5.74, 6) is -0.496. The van der Waals surface area contributed by atoms with Crippen molar-refractivity contribution in [2.45, 2.75) is 6.42 Å². The molecule has 0 atom stereocenters. The van der Waals surface area contributed by atoms with Crippen molar-refractivity contribution in [1.82, 2.24) is 5.32 Å². The van der Waals surface area contributed by atoms with Crippen LogP contribution in [0, 0.1) is 5.82 Å². The number of carbonyl (C=O) groups is 1. The minimum Gasteiger partial charge on any atom is -0.394 e. The number of halogens is 2. The Morgan fingerprint density at radius 3 is 2.95 bits per heavy atom. The predicted molar refractivity (Wildman–Crippen MR) is 73.6 cm³/mol. The minimum absolute atomic E-state index is 0.0178. The van der Waals surface area contributed by atoms with E-state index in [2.05, 4.69) is 26.6 Å². The zero-order valence-corrected chi connectivity index (χ0v) is 11.9. The molecule has 0 unspecified atom stereocenters. The highest BCUT2D eigenvalue weighted by Gasteiger charge is 2.06. The second-order valence-electron chi connectivity index (χ2n) is 3.69. The first-order valence-electron chi connectivity index (χ1n) is 5.82. The lowest BCUT2D eigenvalue weighted by Gasteiger charge is -2.08. The summed E-state index contributed by atoms with van der Waals surface area (Å²) < 4.78 is 19.1. The molecular weight excluding hydrogens is 319 g/mol. The van der Waals surface area contributed by atoms with E-state index in [9.17, 15) is 9.18 Å². The topological polar surface area (TPSA) is 70.6 Å². The number of aliphatic hydroxyl groups is 1. The molecule has 0 saturated carbocycles. The van der Waals surface area contributed by atoms with Crippen LogP contribution in [0.15, 0.2) is 22.7 Å². The van der Waals surface area contributed by atoms with Crippen molar-refractivity contribution >= 4 is 27.6 Å². The Morgan fingerprint density at radius 2 is 2.21 bits per heavy atom. The fraction of sp³-hybridized carbons (Fsp3) is 0.417. The van der Waals surface area contributed by atoms with E-state index in [0.29, 0.717) is 24.0 Å². The number of hydrogen-bond donors (Lipinski definition) is 3. The summed E-state index contributed by atoms with van der Waals surface area (Å²) in [6.45, 7) is 1.13. The number of amides is 2. The van der Waals surface area contributed by atoms with Gasteiger partial charge >= 0.3 is 6.03 Å². The third kappa shape index (κ3) is 6.51. The van der Waals surface area contributed by atoms with Crippen molar-refractivity contribution in [2.75, 3.05) is 31.7 Å². The number of urea groups is 1. The Morgan fingerprint density at radius 1 is 1.42 bits per heavy atom. The summed E-state index contributed by atoms with van der Waals surface area (Å²) in [7, 11) is 0. The second-order valence-corrected chi connectivity index (χ2v) is 4.61. The summed E-state index contributed by atoms with van der Waals surface area (Å²) in [6.07, 6.45) is 0.619. The maximum atomic E-state index is 13.4. The molecule has 0 heterocycles. The number of anilines is 1. The van der Waals surface area contributed by atoms with Crippen LogP contribution < -0.4 is 10.6 Å². The van der Waals surface area contributed by atoms with Crippen LogP contribution in [0.3, 0.4) is 0 Å². The van der Waals surface area contributed by atoms with Crippen LogP contribution in [0.4, 0.5) is 14.9 Å². The molecule has 0 aliphatic heterocycles. The lowest BCUT2D eigenvalue weighted by atomic mass is 10.3. The van der Waals surface area contributed by atoms with Crippen LogP contribution in [0.25, 0.3) is 0 Å². The van der Waals surface area contributed by atoms with Gasteiger partial charge in [0.25, 0.3) is 0 Å². The first-order chi connectivity index (χ1) is 9.13. The van der Waals surface area contributed by atoms with Gasteiger partial charge in [0.2, 0.25) is 0 Å². The number of ether oxygens (including phenoxy) is 1. The summed E-state index contributed by atoms with van der Waals surface area (Å²) >= 11 is 3.20. The zero-order chi connectivity index (χ0) is 14.1. The Hall–Kier alpha value is -1.18. The molecule has 0 fully saturated rings. The van der Waals surface area contributed by atoms with Crippen LogP contribution >= 0.6 is 15.9 Å². The van der Waals surface area contributed by atoms with Crippen LogP contribution in [-0.2, 0) is 4.74 Å². The zero-order valence-electron chi connectivity index (χ0n) is 10.3. The molecule has 106 valence electrons. The van der Waals surface area contributed by atoms with Crippen LogP contribution in [0.2, 0.25) is 0 Å². The van der Waals surface area contributed by atoms with Gasteiger partial charge in [0, 0.05) is 17.6 Å².